The maximum absolute atomic E-state index is 13.2. The molecule has 4 rings (SSSR count). The first-order valence-electron chi connectivity index (χ1n) is 11.1. The van der Waals surface area contributed by atoms with Crippen LogP contribution in [0.3, 0.4) is 0 Å². The summed E-state index contributed by atoms with van der Waals surface area (Å²) in [6.45, 7) is 3.13. The Kier molecular flexibility index (Phi) is 6.62. The number of nitrogens with one attached hydrogen (secondary N) is 2. The molecule has 0 radical (unpaired) electrons. The van der Waals surface area contributed by atoms with Crippen molar-refractivity contribution in [3.63, 3.8) is 0 Å². The third-order valence-electron chi connectivity index (χ3n) is 6.25. The van der Waals surface area contributed by atoms with Crippen LogP contribution in [0.5, 0.6) is 0 Å². The van der Waals surface area contributed by atoms with Crippen LogP contribution in [0.2, 0.25) is 0 Å². The van der Waals surface area contributed by atoms with E-state index in [0.717, 1.165) is 11.1 Å². The third kappa shape index (κ3) is 5.02. The zero-order valence-electron chi connectivity index (χ0n) is 18.3. The van der Waals surface area contributed by atoms with Crippen molar-refractivity contribution in [2.75, 3.05) is 18.4 Å². The zero-order chi connectivity index (χ0) is 22.7. The van der Waals surface area contributed by atoms with E-state index < -0.39 is 10.0 Å². The van der Waals surface area contributed by atoms with Crippen LogP contribution in [0.4, 0.5) is 5.69 Å². The molecule has 1 fully saturated rings. The van der Waals surface area contributed by atoms with Gasteiger partial charge in [-0.2, -0.15) is 4.31 Å². The van der Waals surface area contributed by atoms with Gasteiger partial charge in [-0.25, -0.2) is 8.42 Å². The average molecular weight is 456 g/mol. The molecule has 0 aliphatic carbocycles. The van der Waals surface area contributed by atoms with Crippen molar-refractivity contribution in [1.29, 1.82) is 0 Å². The van der Waals surface area contributed by atoms with Gasteiger partial charge >= 0.3 is 0 Å². The number of sulfonamides is 1. The van der Waals surface area contributed by atoms with Gasteiger partial charge in [-0.3, -0.25) is 9.59 Å². The van der Waals surface area contributed by atoms with E-state index in [0.29, 0.717) is 57.4 Å². The number of benzene rings is 2. The summed E-state index contributed by atoms with van der Waals surface area (Å²) in [5.41, 5.74) is 3.76. The largest absolute Gasteiger partial charge is 0.352 e. The van der Waals surface area contributed by atoms with Crippen LogP contribution in [0.25, 0.3) is 0 Å². The predicted molar refractivity (Wildman–Crippen MR) is 123 cm³/mol. The summed E-state index contributed by atoms with van der Waals surface area (Å²) in [4.78, 5) is 24.5. The lowest BCUT2D eigenvalue weighted by Gasteiger charge is -2.30. The summed E-state index contributed by atoms with van der Waals surface area (Å²) in [5.74, 6) is -0.250. The smallest absolute Gasteiger partial charge is 0.243 e. The number of rotatable bonds is 5. The van der Waals surface area contributed by atoms with Crippen LogP contribution >= 0.6 is 0 Å². The Morgan fingerprint density at radius 3 is 2.53 bits per heavy atom. The Balaban J connectivity index is 1.36. The second-order valence-electron chi connectivity index (χ2n) is 8.60. The van der Waals surface area contributed by atoms with E-state index in [1.807, 2.05) is 31.2 Å². The van der Waals surface area contributed by atoms with Crippen molar-refractivity contribution in [3.05, 3.63) is 59.2 Å². The van der Waals surface area contributed by atoms with Gasteiger partial charge in [0.1, 0.15) is 0 Å². The molecule has 0 atom stereocenters. The fourth-order valence-electron chi connectivity index (χ4n) is 4.26. The molecule has 0 unspecified atom stereocenters. The van der Waals surface area contributed by atoms with E-state index in [1.54, 1.807) is 18.2 Å². The van der Waals surface area contributed by atoms with Gasteiger partial charge in [-0.1, -0.05) is 29.8 Å². The van der Waals surface area contributed by atoms with Gasteiger partial charge in [0.05, 0.1) is 4.90 Å². The molecule has 170 valence electrons. The Labute approximate surface area is 189 Å². The molecule has 2 aliphatic rings. The zero-order valence-corrected chi connectivity index (χ0v) is 19.1. The molecule has 2 aromatic carbocycles. The van der Waals surface area contributed by atoms with Gasteiger partial charge in [-0.15, -0.1) is 0 Å². The normalized spacial score (nSPS) is 17.8. The Morgan fingerprint density at radius 2 is 1.81 bits per heavy atom. The molecule has 0 saturated carbocycles. The second-order valence-corrected chi connectivity index (χ2v) is 10.5. The van der Waals surface area contributed by atoms with Crippen molar-refractivity contribution < 1.29 is 18.0 Å². The number of carbonyl (C=O) groups excluding carboxylic acids is 2. The van der Waals surface area contributed by atoms with E-state index in [4.69, 9.17) is 0 Å². The minimum Gasteiger partial charge on any atom is -0.352 e. The summed E-state index contributed by atoms with van der Waals surface area (Å²) in [7, 11) is -3.64. The Hall–Kier alpha value is -2.71. The number of nitrogens with zero attached hydrogens (tertiary/aromatic N) is 1. The number of fused-ring (bicyclic) bond motifs is 1. The maximum Gasteiger partial charge on any atom is 0.243 e. The van der Waals surface area contributed by atoms with Crippen LogP contribution in [0, 0.1) is 12.8 Å². The molecule has 0 spiro atoms. The quantitative estimate of drug-likeness (QED) is 0.725. The van der Waals surface area contributed by atoms with Crippen LogP contribution in [0.1, 0.15) is 42.4 Å². The molecule has 8 heteroatoms. The predicted octanol–water partition coefficient (Wildman–Crippen LogP) is 2.99. The van der Waals surface area contributed by atoms with Gasteiger partial charge in [0, 0.05) is 37.7 Å². The lowest BCUT2D eigenvalue weighted by molar-refractivity contribution is -0.126. The molecule has 0 aromatic heterocycles. The van der Waals surface area contributed by atoms with Crippen LogP contribution in [0.15, 0.2) is 47.4 Å². The molecule has 2 N–H and O–H groups in total. The minimum absolute atomic E-state index is 0.0246. The standard InChI is InChI=1S/C24H29N3O4S/c1-17-5-7-18(8-6-17)16-25-24(29)19-11-13-27(14-12-19)32(30,31)21-9-10-22-20(15-21)3-2-4-23(28)26-22/h5-10,15,19H,2-4,11-14,16H2,1H3,(H,25,29)(H,26,28). The molecular weight excluding hydrogens is 426 g/mol. The summed E-state index contributed by atoms with van der Waals surface area (Å²) >= 11 is 0. The van der Waals surface area contributed by atoms with E-state index in [1.165, 1.54) is 9.87 Å². The van der Waals surface area contributed by atoms with E-state index in [2.05, 4.69) is 10.6 Å². The first kappa shape index (κ1) is 22.5. The van der Waals surface area contributed by atoms with E-state index >= 15 is 0 Å². The molecule has 0 bridgehead atoms. The Morgan fingerprint density at radius 1 is 1.09 bits per heavy atom. The van der Waals surface area contributed by atoms with Crippen molar-refractivity contribution in [1.82, 2.24) is 9.62 Å². The number of hydrogen-bond donors (Lipinski definition) is 2. The molecule has 2 heterocycles. The fraction of sp³-hybridized carbons (Fsp3) is 0.417. The Bertz CT molecular complexity index is 1100. The SMILES string of the molecule is Cc1ccc(CNC(=O)C2CCN(S(=O)(=O)c3ccc4c(c3)CCCC(=O)N4)CC2)cc1. The molecule has 1 saturated heterocycles. The maximum atomic E-state index is 13.2. The fourth-order valence-corrected chi connectivity index (χ4v) is 5.78. The second kappa shape index (κ2) is 9.42. The minimum atomic E-state index is -3.64. The highest BCUT2D eigenvalue weighted by Gasteiger charge is 2.32. The highest BCUT2D eigenvalue weighted by atomic mass is 32.2. The summed E-state index contributed by atoms with van der Waals surface area (Å²) in [5, 5.41) is 5.81. The highest BCUT2D eigenvalue weighted by Crippen LogP contribution is 2.29. The van der Waals surface area contributed by atoms with Gasteiger partial charge in [0.15, 0.2) is 0 Å². The number of anilines is 1. The van der Waals surface area contributed by atoms with E-state index in [-0.39, 0.29) is 22.6 Å². The summed E-state index contributed by atoms with van der Waals surface area (Å²) < 4.78 is 27.8. The number of piperidine rings is 1. The van der Waals surface area contributed by atoms with E-state index in [9.17, 15) is 18.0 Å². The average Bonchev–Trinajstić information content (AvgIpc) is 2.98. The molecule has 2 aliphatic heterocycles. The summed E-state index contributed by atoms with van der Waals surface area (Å²) in [6.07, 6.45) is 2.81. The van der Waals surface area contributed by atoms with Gasteiger partial charge in [0.25, 0.3) is 0 Å². The first-order chi connectivity index (χ1) is 15.3. The van der Waals surface area contributed by atoms with Crippen molar-refractivity contribution >= 4 is 27.5 Å². The van der Waals surface area contributed by atoms with Gasteiger partial charge < -0.3 is 10.6 Å². The van der Waals surface area contributed by atoms with Crippen molar-refractivity contribution in [3.8, 4) is 0 Å². The number of aryl methyl sites for hydroxylation is 2. The van der Waals surface area contributed by atoms with Crippen LogP contribution in [-0.4, -0.2) is 37.6 Å². The monoisotopic (exact) mass is 455 g/mol. The first-order valence-corrected chi connectivity index (χ1v) is 12.5. The van der Waals surface area contributed by atoms with Crippen LogP contribution < -0.4 is 10.6 Å². The van der Waals surface area contributed by atoms with Crippen molar-refractivity contribution in [2.24, 2.45) is 5.92 Å². The number of amides is 2. The number of carbonyl (C=O) groups is 2. The third-order valence-corrected chi connectivity index (χ3v) is 8.15. The molecular formula is C24H29N3O4S. The van der Waals surface area contributed by atoms with Gasteiger partial charge in [-0.05, 0) is 61.9 Å². The highest BCUT2D eigenvalue weighted by molar-refractivity contribution is 7.89. The van der Waals surface area contributed by atoms with Crippen molar-refractivity contribution in [2.45, 2.75) is 50.5 Å². The molecule has 2 amide bonds. The van der Waals surface area contributed by atoms with Gasteiger partial charge in [0.2, 0.25) is 21.8 Å². The topological polar surface area (TPSA) is 95.6 Å². The van der Waals surface area contributed by atoms with Crippen LogP contribution in [-0.2, 0) is 32.6 Å². The number of hydrogen-bond acceptors (Lipinski definition) is 4. The lowest BCUT2D eigenvalue weighted by atomic mass is 9.97. The molecule has 7 nitrogen and oxygen atoms in total. The molecule has 2 aromatic rings. The lowest BCUT2D eigenvalue weighted by Crippen LogP contribution is -2.42. The summed E-state index contributed by atoms with van der Waals surface area (Å²) in [6, 6.07) is 12.9. The molecule has 32 heavy (non-hydrogen) atoms.